The second-order valence-corrected chi connectivity index (χ2v) is 18.1. The number of hydrogen-bond acceptors (Lipinski definition) is 10. The maximum Gasteiger partial charge on any atom is 0.329 e. The van der Waals surface area contributed by atoms with E-state index in [1.807, 2.05) is 24.3 Å². The molecule has 332 valence electrons. The lowest BCUT2D eigenvalue weighted by Gasteiger charge is -2.43. The quantitative estimate of drug-likeness (QED) is 0.154. The van der Waals surface area contributed by atoms with Crippen molar-refractivity contribution in [3.05, 3.63) is 70.2 Å². The zero-order valence-electron chi connectivity index (χ0n) is 36.0. The normalized spacial score (nSPS) is 22.4. The average molecular weight is 865 g/mol. The number of benzene rings is 1. The Hall–Kier alpha value is -5.93. The van der Waals surface area contributed by atoms with Crippen molar-refractivity contribution in [1.29, 1.82) is 0 Å². The van der Waals surface area contributed by atoms with Gasteiger partial charge in [-0.15, -0.1) is 0 Å². The van der Waals surface area contributed by atoms with Crippen LogP contribution < -0.4 is 21.2 Å². The highest BCUT2D eigenvalue weighted by Gasteiger charge is 2.34. The lowest BCUT2D eigenvalue weighted by molar-refractivity contribution is -0.135. The van der Waals surface area contributed by atoms with Crippen molar-refractivity contribution < 1.29 is 23.2 Å². The number of nitrogens with zero attached hydrogens (tertiary/aromatic N) is 10. The summed E-state index contributed by atoms with van der Waals surface area (Å²) in [5, 5.41) is 13.7. The Morgan fingerprint density at radius 2 is 1.78 bits per heavy atom. The minimum Gasteiger partial charge on any atom is -0.351 e. The molecule has 1 atom stereocenters. The number of piperidine rings is 2. The molecule has 1 saturated carbocycles. The number of fused-ring (bicyclic) bond motifs is 2. The third-order valence-electron chi connectivity index (χ3n) is 13.6. The number of carbonyl (C=O) groups is 3. The Morgan fingerprint density at radius 3 is 2.52 bits per heavy atom. The van der Waals surface area contributed by atoms with Crippen molar-refractivity contribution in [3.63, 3.8) is 0 Å². The number of aryl methyl sites for hydroxylation is 1. The van der Waals surface area contributed by atoms with E-state index in [1.54, 1.807) is 24.1 Å². The molecule has 16 nitrogen and oxygen atoms in total. The first-order valence-corrected chi connectivity index (χ1v) is 22.1. The van der Waals surface area contributed by atoms with E-state index in [-0.39, 0.29) is 47.3 Å². The van der Waals surface area contributed by atoms with Crippen molar-refractivity contribution in [2.75, 3.05) is 56.0 Å². The number of amides is 3. The summed E-state index contributed by atoms with van der Waals surface area (Å²) in [6.45, 7) is 10.4. The second kappa shape index (κ2) is 17.3. The van der Waals surface area contributed by atoms with Crippen LogP contribution >= 0.6 is 0 Å². The van der Waals surface area contributed by atoms with E-state index in [1.165, 1.54) is 19.8 Å². The van der Waals surface area contributed by atoms with Crippen molar-refractivity contribution in [2.24, 2.45) is 13.0 Å². The fourth-order valence-corrected chi connectivity index (χ4v) is 10.0. The fourth-order valence-electron chi connectivity index (χ4n) is 10.0. The van der Waals surface area contributed by atoms with E-state index in [4.69, 9.17) is 4.98 Å². The smallest absolute Gasteiger partial charge is 0.329 e. The highest BCUT2D eigenvalue weighted by atomic mass is 19.3. The van der Waals surface area contributed by atoms with Crippen LogP contribution in [-0.4, -0.2) is 112 Å². The predicted molar refractivity (Wildman–Crippen MR) is 233 cm³/mol. The number of rotatable bonds is 9. The lowest BCUT2D eigenvalue weighted by Crippen LogP contribution is -2.48. The molecular weight excluding hydrogens is 811 g/mol. The molecule has 63 heavy (non-hydrogen) atoms. The number of alkyl halides is 2. The molecule has 7 heterocycles. The summed E-state index contributed by atoms with van der Waals surface area (Å²) in [6, 6.07) is 6.63. The van der Waals surface area contributed by atoms with Gasteiger partial charge in [0.1, 0.15) is 17.4 Å². The standard InChI is InChI=1S/C45H54F2N12O4/c1-45(2)18-4-5-20-56(45)36-17-21-57-41(50-36)32(26-48-57)42(61)49-33-28-58(52-38(33)40(46)47)31-13-11-29(12-14-31)27-55-24-22-54(23-25-55)19-7-9-30-8-6-10-34-39(30)53(3)44(63)59(34)35-15-16-37(60)51-43(35)62/h6,8,10,17,21,26,28-29,31,35,40H,4-5,11-16,18-20,22-25,27H2,1-3H3,(H,49,61)(H,51,60,62). The molecule has 4 fully saturated rings. The van der Waals surface area contributed by atoms with E-state index >= 15 is 0 Å². The number of imidazole rings is 1. The van der Waals surface area contributed by atoms with E-state index in [0.717, 1.165) is 90.0 Å². The van der Waals surface area contributed by atoms with Gasteiger partial charge < -0.3 is 15.1 Å². The number of nitrogens with one attached hydrogen (secondary N) is 2. The first kappa shape index (κ1) is 42.4. The number of anilines is 2. The van der Waals surface area contributed by atoms with Gasteiger partial charge in [0, 0.05) is 70.7 Å². The molecule has 2 N–H and O–H groups in total. The van der Waals surface area contributed by atoms with Crippen LogP contribution in [0.2, 0.25) is 0 Å². The van der Waals surface area contributed by atoms with Gasteiger partial charge in [-0.1, -0.05) is 17.9 Å². The Balaban J connectivity index is 0.774. The summed E-state index contributed by atoms with van der Waals surface area (Å²) in [5.41, 5.74) is 1.72. The summed E-state index contributed by atoms with van der Waals surface area (Å²) in [4.78, 5) is 63.1. The maximum absolute atomic E-state index is 14.3. The molecule has 1 unspecified atom stereocenters. The topological polar surface area (TPSA) is 160 Å². The molecule has 0 radical (unpaired) electrons. The van der Waals surface area contributed by atoms with Gasteiger partial charge in [0.05, 0.1) is 41.1 Å². The predicted octanol–water partition coefficient (Wildman–Crippen LogP) is 4.92. The Labute approximate surface area is 363 Å². The molecule has 1 aromatic carbocycles. The third-order valence-corrected chi connectivity index (χ3v) is 13.6. The number of halogens is 2. The van der Waals surface area contributed by atoms with Gasteiger partial charge in [0.2, 0.25) is 11.8 Å². The van der Waals surface area contributed by atoms with Crippen LogP contribution in [0.5, 0.6) is 0 Å². The van der Waals surface area contributed by atoms with Crippen molar-refractivity contribution in [1.82, 2.24) is 48.6 Å². The zero-order valence-corrected chi connectivity index (χ0v) is 36.0. The van der Waals surface area contributed by atoms with Gasteiger partial charge in [0.15, 0.2) is 11.3 Å². The van der Waals surface area contributed by atoms with Crippen LogP contribution in [0, 0.1) is 17.8 Å². The Kier molecular flexibility index (Phi) is 11.7. The number of hydrogen-bond donors (Lipinski definition) is 2. The highest BCUT2D eigenvalue weighted by molar-refractivity contribution is 6.08. The average Bonchev–Trinajstić information content (AvgIpc) is 3.96. The molecule has 18 heteroatoms. The van der Waals surface area contributed by atoms with Gasteiger partial charge in [-0.3, -0.25) is 38.4 Å². The molecule has 3 amide bonds. The second-order valence-electron chi connectivity index (χ2n) is 18.1. The van der Waals surface area contributed by atoms with Gasteiger partial charge in [-0.25, -0.2) is 23.1 Å². The number of piperazine rings is 1. The summed E-state index contributed by atoms with van der Waals surface area (Å²) in [5.74, 6) is 6.46. The van der Waals surface area contributed by atoms with Crippen LogP contribution in [-0.2, 0) is 16.6 Å². The van der Waals surface area contributed by atoms with Crippen molar-refractivity contribution >= 4 is 45.9 Å². The third kappa shape index (κ3) is 8.48. The first-order chi connectivity index (χ1) is 30.3. The molecule has 5 aromatic rings. The molecule has 4 aliphatic rings. The summed E-state index contributed by atoms with van der Waals surface area (Å²) >= 11 is 0. The first-order valence-electron chi connectivity index (χ1n) is 22.1. The molecule has 1 aliphatic carbocycles. The lowest BCUT2D eigenvalue weighted by atomic mass is 9.85. The van der Waals surface area contributed by atoms with Crippen LogP contribution in [0.25, 0.3) is 16.7 Å². The van der Waals surface area contributed by atoms with Crippen molar-refractivity contribution in [2.45, 2.75) is 95.7 Å². The van der Waals surface area contributed by atoms with Gasteiger partial charge in [-0.05, 0) is 89.3 Å². The monoisotopic (exact) mass is 864 g/mol. The number of aromatic nitrogens is 7. The molecule has 0 bridgehead atoms. The number of carbonyl (C=O) groups excluding carboxylic acids is 3. The van der Waals surface area contributed by atoms with Crippen LogP contribution in [0.4, 0.5) is 20.3 Å². The molecule has 3 saturated heterocycles. The van der Waals surface area contributed by atoms with E-state index in [9.17, 15) is 28.0 Å². The molecule has 3 aliphatic heterocycles. The molecule has 0 spiro atoms. The fraction of sp³-hybridized carbons (Fsp3) is 0.533. The number of imide groups is 1. The molecule has 9 rings (SSSR count). The largest absolute Gasteiger partial charge is 0.351 e. The van der Waals surface area contributed by atoms with Gasteiger partial charge >= 0.3 is 5.69 Å². The van der Waals surface area contributed by atoms with Crippen LogP contribution in [0.3, 0.4) is 0 Å². The van der Waals surface area contributed by atoms with E-state index in [0.29, 0.717) is 34.7 Å². The SMILES string of the molecule is Cn1c(=O)n(C2CCC(=O)NC2=O)c2cccc(C#CCN3CCN(CC4CCC(n5cc(NC(=O)c6cnn7ccc(N8CCCCC8(C)C)nc67)c(C(F)F)n5)CC4)CC3)c21. The van der Waals surface area contributed by atoms with E-state index in [2.05, 4.69) is 61.2 Å². The molecule has 4 aromatic heterocycles. The summed E-state index contributed by atoms with van der Waals surface area (Å²) in [7, 11) is 1.68. The van der Waals surface area contributed by atoms with Gasteiger partial charge in [-0.2, -0.15) is 10.2 Å². The summed E-state index contributed by atoms with van der Waals surface area (Å²) in [6.07, 6.45) is 9.10. The summed E-state index contributed by atoms with van der Waals surface area (Å²) < 4.78 is 34.8. The Morgan fingerprint density at radius 1 is 1.00 bits per heavy atom. The minimum absolute atomic E-state index is 0.00103. The van der Waals surface area contributed by atoms with Crippen LogP contribution in [0.1, 0.15) is 112 Å². The molecular formula is C45H54F2N12O4. The van der Waals surface area contributed by atoms with E-state index < -0.39 is 30.0 Å². The number of para-hydroxylation sites is 1. The van der Waals surface area contributed by atoms with Crippen molar-refractivity contribution in [3.8, 4) is 11.8 Å². The maximum atomic E-state index is 14.3. The van der Waals surface area contributed by atoms with Gasteiger partial charge in [0.25, 0.3) is 12.3 Å². The Bertz CT molecular complexity index is 2670. The van der Waals surface area contributed by atoms with Crippen LogP contribution in [0.15, 0.2) is 47.7 Å². The zero-order chi connectivity index (χ0) is 44.0. The highest BCUT2D eigenvalue weighted by Crippen LogP contribution is 2.36. The minimum atomic E-state index is -2.86.